The molecule has 0 saturated heterocycles. The predicted octanol–water partition coefficient (Wildman–Crippen LogP) is 11.9. The lowest BCUT2D eigenvalue weighted by atomic mass is 9.74. The molecule has 2 atom stereocenters. The van der Waals surface area contributed by atoms with Crippen molar-refractivity contribution in [2.45, 2.75) is 5.92 Å². The van der Waals surface area contributed by atoms with E-state index in [4.69, 9.17) is 23.8 Å². The number of allylic oxidation sites excluding steroid dienone is 5. The van der Waals surface area contributed by atoms with Crippen LogP contribution in [0.5, 0.6) is 0 Å². The van der Waals surface area contributed by atoms with Gasteiger partial charge in [-0.2, -0.15) is 0 Å². The molecule has 0 bridgehead atoms. The molecule has 0 amide bonds. The highest BCUT2D eigenvalue weighted by Crippen LogP contribution is 2.46. The van der Waals surface area contributed by atoms with Gasteiger partial charge < -0.3 is 8.83 Å². The minimum atomic E-state index is 0.198. The van der Waals surface area contributed by atoms with Crippen molar-refractivity contribution in [3.8, 4) is 33.9 Å². The zero-order chi connectivity index (χ0) is 34.2. The first-order valence-electron chi connectivity index (χ1n) is 17.6. The van der Waals surface area contributed by atoms with Gasteiger partial charge in [0.05, 0.1) is 0 Å². The van der Waals surface area contributed by atoms with Crippen LogP contribution in [0.3, 0.4) is 0 Å². The first-order chi connectivity index (χ1) is 25.8. The average molecular weight is 668 g/mol. The van der Waals surface area contributed by atoms with Crippen LogP contribution in [0.15, 0.2) is 173 Å². The maximum absolute atomic E-state index is 6.48. The molecule has 244 valence electrons. The van der Waals surface area contributed by atoms with Gasteiger partial charge in [-0.15, -0.1) is 0 Å². The number of benzene rings is 6. The SMILES string of the molecule is C1=CC2C=C(c3nc(-c4ccccc4)nc(-c4c(-c5ccc6oc7ccccc7c6c5)ccc5oc6ccccc6c45)n3)c3ccccc3C2C=C1. The number of furan rings is 2. The highest BCUT2D eigenvalue weighted by molar-refractivity contribution is 6.16. The van der Waals surface area contributed by atoms with E-state index in [2.05, 4.69) is 121 Å². The number of hydrogen-bond acceptors (Lipinski definition) is 5. The molecule has 3 aromatic heterocycles. The molecule has 11 rings (SSSR count). The minimum absolute atomic E-state index is 0.198. The van der Waals surface area contributed by atoms with Gasteiger partial charge in [0.25, 0.3) is 0 Å². The van der Waals surface area contributed by atoms with Gasteiger partial charge in [-0.05, 0) is 58.7 Å². The smallest absolute Gasteiger partial charge is 0.165 e. The third kappa shape index (κ3) is 4.46. The van der Waals surface area contributed by atoms with E-state index < -0.39 is 0 Å². The average Bonchev–Trinajstić information content (AvgIpc) is 3.78. The van der Waals surface area contributed by atoms with Gasteiger partial charge >= 0.3 is 0 Å². The summed E-state index contributed by atoms with van der Waals surface area (Å²) in [6, 6.07) is 45.8. The van der Waals surface area contributed by atoms with Crippen molar-refractivity contribution in [2.75, 3.05) is 0 Å². The molecule has 9 aromatic rings. The van der Waals surface area contributed by atoms with Crippen LogP contribution in [0, 0.1) is 5.92 Å². The van der Waals surface area contributed by atoms with E-state index in [9.17, 15) is 0 Å². The summed E-state index contributed by atoms with van der Waals surface area (Å²) in [6.45, 7) is 0. The Balaban J connectivity index is 1.22. The Morgan fingerprint density at radius 1 is 0.462 bits per heavy atom. The van der Waals surface area contributed by atoms with E-state index >= 15 is 0 Å². The Morgan fingerprint density at radius 2 is 1.13 bits per heavy atom. The zero-order valence-corrected chi connectivity index (χ0v) is 27.9. The van der Waals surface area contributed by atoms with Crippen molar-refractivity contribution in [3.63, 3.8) is 0 Å². The quantitative estimate of drug-likeness (QED) is 0.187. The highest BCUT2D eigenvalue weighted by Gasteiger charge is 2.30. The standard InChI is InChI=1S/C47H29N3O2/c1-2-12-28(13-3-1)45-48-46(38-27-29-14-4-5-15-31(29)33-16-6-7-17-34(33)38)50-47(49-45)44-32(23-25-42-43(44)36-19-9-11-21-40(36)52-42)30-22-24-41-37(26-30)35-18-8-10-20-39(35)51-41/h1-27,29,31H. The number of nitrogens with zero attached hydrogens (tertiary/aromatic N) is 3. The van der Waals surface area contributed by atoms with Gasteiger partial charge in [0, 0.05) is 50.1 Å². The van der Waals surface area contributed by atoms with Gasteiger partial charge in [0.2, 0.25) is 0 Å². The highest BCUT2D eigenvalue weighted by atomic mass is 16.3. The molecule has 52 heavy (non-hydrogen) atoms. The molecule has 2 aliphatic carbocycles. The van der Waals surface area contributed by atoms with Crippen LogP contribution >= 0.6 is 0 Å². The Morgan fingerprint density at radius 3 is 2.04 bits per heavy atom. The molecule has 6 aromatic carbocycles. The summed E-state index contributed by atoms with van der Waals surface area (Å²) in [6.07, 6.45) is 11.2. The van der Waals surface area contributed by atoms with Crippen molar-refractivity contribution in [2.24, 2.45) is 5.92 Å². The molecule has 0 spiro atoms. The van der Waals surface area contributed by atoms with Gasteiger partial charge in [-0.25, -0.2) is 15.0 Å². The maximum atomic E-state index is 6.48. The molecule has 5 nitrogen and oxygen atoms in total. The molecular formula is C47H29N3O2. The Kier molecular flexibility index (Phi) is 6.31. The maximum Gasteiger partial charge on any atom is 0.165 e. The Hall–Kier alpha value is -6.85. The van der Waals surface area contributed by atoms with Crippen molar-refractivity contribution in [1.82, 2.24) is 15.0 Å². The summed E-state index contributed by atoms with van der Waals surface area (Å²) in [5.41, 5.74) is 10.6. The van der Waals surface area contributed by atoms with Crippen LogP contribution in [0.2, 0.25) is 0 Å². The third-order valence-corrected chi connectivity index (χ3v) is 10.5. The fourth-order valence-corrected chi connectivity index (χ4v) is 8.11. The third-order valence-electron chi connectivity index (χ3n) is 10.5. The molecule has 0 N–H and O–H groups in total. The largest absolute Gasteiger partial charge is 0.456 e. The van der Waals surface area contributed by atoms with Crippen LogP contribution in [0.4, 0.5) is 0 Å². The molecule has 0 fully saturated rings. The van der Waals surface area contributed by atoms with Gasteiger partial charge in [0.15, 0.2) is 17.5 Å². The van der Waals surface area contributed by atoms with Crippen molar-refractivity contribution >= 4 is 49.5 Å². The second-order valence-corrected chi connectivity index (χ2v) is 13.5. The topological polar surface area (TPSA) is 65.0 Å². The fourth-order valence-electron chi connectivity index (χ4n) is 8.11. The molecule has 2 aliphatic rings. The Labute approximate surface area is 298 Å². The lowest BCUT2D eigenvalue weighted by Crippen LogP contribution is -2.17. The molecule has 0 aliphatic heterocycles. The van der Waals surface area contributed by atoms with Crippen molar-refractivity contribution in [3.05, 3.63) is 181 Å². The first kappa shape index (κ1) is 28.9. The second kappa shape index (κ2) is 11.3. The van der Waals surface area contributed by atoms with Crippen LogP contribution in [-0.4, -0.2) is 15.0 Å². The molecule has 5 heteroatoms. The van der Waals surface area contributed by atoms with Gasteiger partial charge in [-0.1, -0.05) is 127 Å². The predicted molar refractivity (Wildman–Crippen MR) is 209 cm³/mol. The zero-order valence-electron chi connectivity index (χ0n) is 27.9. The lowest BCUT2D eigenvalue weighted by molar-refractivity contribution is 0.668. The van der Waals surface area contributed by atoms with Crippen LogP contribution in [-0.2, 0) is 0 Å². The Bertz CT molecular complexity index is 2980. The van der Waals surface area contributed by atoms with E-state index in [0.29, 0.717) is 17.5 Å². The molecule has 0 radical (unpaired) electrons. The van der Waals surface area contributed by atoms with E-state index in [0.717, 1.165) is 77.3 Å². The second-order valence-electron chi connectivity index (χ2n) is 13.5. The number of rotatable bonds is 4. The van der Waals surface area contributed by atoms with E-state index in [1.807, 2.05) is 42.5 Å². The molecule has 2 unspecified atom stereocenters. The fraction of sp³-hybridized carbons (Fsp3) is 0.0426. The number of fused-ring (bicyclic) bond motifs is 9. The normalized spacial score (nSPS) is 16.4. The minimum Gasteiger partial charge on any atom is -0.456 e. The first-order valence-corrected chi connectivity index (χ1v) is 17.6. The summed E-state index contributed by atoms with van der Waals surface area (Å²) < 4.78 is 12.7. The number of hydrogen-bond donors (Lipinski definition) is 0. The summed E-state index contributed by atoms with van der Waals surface area (Å²) in [5, 5.41) is 4.12. The summed E-state index contributed by atoms with van der Waals surface area (Å²) in [4.78, 5) is 15.9. The van der Waals surface area contributed by atoms with Gasteiger partial charge in [-0.3, -0.25) is 0 Å². The number of aromatic nitrogens is 3. The summed E-state index contributed by atoms with van der Waals surface area (Å²) >= 11 is 0. The van der Waals surface area contributed by atoms with E-state index in [1.54, 1.807) is 0 Å². The van der Waals surface area contributed by atoms with Crippen LogP contribution in [0.25, 0.3) is 83.4 Å². The van der Waals surface area contributed by atoms with E-state index in [1.165, 1.54) is 5.56 Å². The monoisotopic (exact) mass is 667 g/mol. The van der Waals surface area contributed by atoms with Crippen LogP contribution in [0.1, 0.15) is 22.9 Å². The van der Waals surface area contributed by atoms with Crippen molar-refractivity contribution < 1.29 is 8.83 Å². The molecule has 0 saturated carbocycles. The van der Waals surface area contributed by atoms with Crippen LogP contribution < -0.4 is 0 Å². The van der Waals surface area contributed by atoms with E-state index in [-0.39, 0.29) is 11.8 Å². The molecular weight excluding hydrogens is 639 g/mol. The van der Waals surface area contributed by atoms with Crippen molar-refractivity contribution in [1.29, 1.82) is 0 Å². The summed E-state index contributed by atoms with van der Waals surface area (Å²) in [5.74, 6) is 2.32. The summed E-state index contributed by atoms with van der Waals surface area (Å²) in [7, 11) is 0. The molecule has 3 heterocycles. The number of para-hydroxylation sites is 2. The lowest BCUT2D eigenvalue weighted by Gasteiger charge is -2.30. The van der Waals surface area contributed by atoms with Gasteiger partial charge in [0.1, 0.15) is 22.3 Å².